The Labute approximate surface area is 197 Å². The van der Waals surface area contributed by atoms with Crippen LogP contribution in [0.4, 0.5) is 5.13 Å². The second-order valence-corrected chi connectivity index (χ2v) is 11.0. The molecule has 2 N–H and O–H groups in total. The maximum Gasteiger partial charge on any atom is 0.253 e. The fraction of sp³-hybridized carbons (Fsp3) is 0.500. The first-order valence-corrected chi connectivity index (χ1v) is 13.4. The predicted molar refractivity (Wildman–Crippen MR) is 125 cm³/mol. The number of benzene rings is 1. The van der Waals surface area contributed by atoms with Crippen molar-refractivity contribution >= 4 is 38.3 Å². The zero-order valence-corrected chi connectivity index (χ0v) is 20.1. The number of carbonyl (C=O) groups excluding carboxylic acids is 2. The number of amides is 2. The summed E-state index contributed by atoms with van der Waals surface area (Å²) in [5, 5.41) is 5.11. The number of hydrogen-bond donors (Lipinski definition) is 2. The van der Waals surface area contributed by atoms with Gasteiger partial charge >= 0.3 is 0 Å². The molecule has 1 aromatic carbocycles. The molecule has 2 fully saturated rings. The first-order valence-electron chi connectivity index (χ1n) is 11.1. The number of nitrogens with one attached hydrogen (secondary N) is 2. The highest BCUT2D eigenvalue weighted by atomic mass is 32.2. The van der Waals surface area contributed by atoms with Crippen LogP contribution in [-0.4, -0.2) is 56.4 Å². The van der Waals surface area contributed by atoms with Gasteiger partial charge in [-0.05, 0) is 43.9 Å². The van der Waals surface area contributed by atoms with Crippen molar-refractivity contribution in [3.05, 3.63) is 35.3 Å². The van der Waals surface area contributed by atoms with E-state index in [4.69, 9.17) is 4.74 Å². The third kappa shape index (κ3) is 5.53. The van der Waals surface area contributed by atoms with Crippen LogP contribution in [0.5, 0.6) is 5.75 Å². The van der Waals surface area contributed by atoms with Crippen LogP contribution >= 0.6 is 11.3 Å². The Bertz CT molecular complexity index is 1100. The SMILES string of the molecule is COc1ccc(C(=O)N2CCCC(C(=O)Nc3nccs3)C2)cc1S(=O)(=O)NC1CCCC1. The molecule has 178 valence electrons. The van der Waals surface area contributed by atoms with E-state index in [-0.39, 0.29) is 46.5 Å². The Morgan fingerprint density at radius 3 is 2.67 bits per heavy atom. The van der Waals surface area contributed by atoms with Crippen molar-refractivity contribution in [1.29, 1.82) is 0 Å². The van der Waals surface area contributed by atoms with Gasteiger partial charge in [-0.2, -0.15) is 0 Å². The van der Waals surface area contributed by atoms with E-state index in [1.54, 1.807) is 22.5 Å². The van der Waals surface area contributed by atoms with Crippen molar-refractivity contribution in [3.63, 3.8) is 0 Å². The van der Waals surface area contributed by atoms with Gasteiger partial charge in [0.15, 0.2) is 5.13 Å². The molecule has 1 aliphatic heterocycles. The van der Waals surface area contributed by atoms with E-state index in [9.17, 15) is 18.0 Å². The van der Waals surface area contributed by atoms with Gasteiger partial charge < -0.3 is 15.0 Å². The van der Waals surface area contributed by atoms with Crippen molar-refractivity contribution in [2.24, 2.45) is 5.92 Å². The average molecular weight is 493 g/mol. The summed E-state index contributed by atoms with van der Waals surface area (Å²) in [7, 11) is -2.44. The number of piperidine rings is 1. The van der Waals surface area contributed by atoms with Gasteiger partial charge in [-0.1, -0.05) is 12.8 Å². The summed E-state index contributed by atoms with van der Waals surface area (Å²) in [5.74, 6) is -0.628. The maximum absolute atomic E-state index is 13.2. The van der Waals surface area contributed by atoms with Crippen molar-refractivity contribution in [2.75, 3.05) is 25.5 Å². The molecule has 2 heterocycles. The minimum atomic E-state index is -3.84. The lowest BCUT2D eigenvalue weighted by atomic mass is 9.96. The molecule has 1 unspecified atom stereocenters. The van der Waals surface area contributed by atoms with Crippen LogP contribution in [0.2, 0.25) is 0 Å². The normalized spacial score (nSPS) is 19.4. The second kappa shape index (κ2) is 10.2. The van der Waals surface area contributed by atoms with E-state index < -0.39 is 10.0 Å². The zero-order valence-electron chi connectivity index (χ0n) is 18.5. The molecule has 1 aliphatic carbocycles. The molecular formula is C22H28N4O5S2. The van der Waals surface area contributed by atoms with Gasteiger partial charge in [-0.25, -0.2) is 18.1 Å². The van der Waals surface area contributed by atoms with E-state index >= 15 is 0 Å². The highest BCUT2D eigenvalue weighted by Gasteiger charge is 2.31. The number of nitrogens with zero attached hydrogens (tertiary/aromatic N) is 2. The number of thiazole rings is 1. The Balaban J connectivity index is 1.50. The smallest absolute Gasteiger partial charge is 0.253 e. The summed E-state index contributed by atoms with van der Waals surface area (Å²) in [5.41, 5.74) is 0.253. The Morgan fingerprint density at radius 1 is 1.18 bits per heavy atom. The molecule has 0 spiro atoms. The van der Waals surface area contributed by atoms with E-state index in [1.807, 2.05) is 0 Å². The molecule has 2 amide bonds. The topological polar surface area (TPSA) is 118 Å². The fourth-order valence-corrected chi connectivity index (χ4v) is 6.43. The summed E-state index contributed by atoms with van der Waals surface area (Å²) in [6.45, 7) is 0.777. The number of ether oxygens (including phenoxy) is 1. The van der Waals surface area contributed by atoms with Gasteiger partial charge in [0.1, 0.15) is 10.6 Å². The molecule has 0 radical (unpaired) electrons. The molecule has 33 heavy (non-hydrogen) atoms. The quantitative estimate of drug-likeness (QED) is 0.614. The van der Waals surface area contributed by atoms with Crippen LogP contribution in [0.1, 0.15) is 48.9 Å². The highest BCUT2D eigenvalue weighted by Crippen LogP contribution is 2.29. The number of carbonyl (C=O) groups is 2. The second-order valence-electron chi connectivity index (χ2n) is 8.39. The number of aromatic nitrogens is 1. The molecular weight excluding hydrogens is 464 g/mol. The molecule has 4 rings (SSSR count). The first-order chi connectivity index (χ1) is 15.9. The Hall–Kier alpha value is -2.50. The number of rotatable bonds is 7. The number of sulfonamides is 1. The van der Waals surface area contributed by atoms with Crippen LogP contribution in [0, 0.1) is 5.92 Å². The standard InChI is InChI=1S/C22H28N4O5S2/c1-31-18-9-8-15(13-19(18)33(29,30)25-17-6-2-3-7-17)21(28)26-11-4-5-16(14-26)20(27)24-22-23-10-12-32-22/h8-10,12-13,16-17,25H,2-7,11,14H2,1H3,(H,23,24,27). The molecule has 1 saturated carbocycles. The third-order valence-electron chi connectivity index (χ3n) is 6.12. The third-order valence-corrected chi connectivity index (χ3v) is 8.35. The van der Waals surface area contributed by atoms with Gasteiger partial charge in [-0.15, -0.1) is 11.3 Å². The number of methoxy groups -OCH3 is 1. The lowest BCUT2D eigenvalue weighted by Crippen LogP contribution is -2.43. The van der Waals surface area contributed by atoms with Gasteiger partial charge in [0.2, 0.25) is 15.9 Å². The van der Waals surface area contributed by atoms with E-state index in [0.29, 0.717) is 24.5 Å². The monoisotopic (exact) mass is 492 g/mol. The van der Waals surface area contributed by atoms with Crippen molar-refractivity contribution in [3.8, 4) is 5.75 Å². The van der Waals surface area contributed by atoms with E-state index in [0.717, 1.165) is 25.7 Å². The molecule has 1 aromatic heterocycles. The van der Waals surface area contributed by atoms with Crippen LogP contribution < -0.4 is 14.8 Å². The fourth-order valence-electron chi connectivity index (χ4n) is 4.40. The van der Waals surface area contributed by atoms with Crippen molar-refractivity contribution in [1.82, 2.24) is 14.6 Å². The minimum absolute atomic E-state index is 0.0437. The summed E-state index contributed by atoms with van der Waals surface area (Å²) in [6, 6.07) is 4.35. The minimum Gasteiger partial charge on any atom is -0.495 e. The van der Waals surface area contributed by atoms with Crippen molar-refractivity contribution < 1.29 is 22.7 Å². The van der Waals surface area contributed by atoms with Crippen LogP contribution in [-0.2, 0) is 14.8 Å². The van der Waals surface area contributed by atoms with Gasteiger partial charge in [0, 0.05) is 36.3 Å². The van der Waals surface area contributed by atoms with Crippen LogP contribution in [0.3, 0.4) is 0 Å². The number of anilines is 1. The largest absolute Gasteiger partial charge is 0.495 e. The molecule has 9 nitrogen and oxygen atoms in total. The zero-order chi connectivity index (χ0) is 23.4. The molecule has 1 saturated heterocycles. The van der Waals surface area contributed by atoms with Gasteiger partial charge in [0.05, 0.1) is 13.0 Å². The number of hydrogen-bond acceptors (Lipinski definition) is 7. The van der Waals surface area contributed by atoms with Gasteiger partial charge in [0.25, 0.3) is 5.91 Å². The molecule has 2 aromatic rings. The molecule has 2 aliphatic rings. The van der Waals surface area contributed by atoms with E-state index in [1.165, 1.54) is 30.6 Å². The lowest BCUT2D eigenvalue weighted by Gasteiger charge is -2.32. The summed E-state index contributed by atoms with van der Waals surface area (Å²) in [6.07, 6.45) is 6.58. The highest BCUT2D eigenvalue weighted by molar-refractivity contribution is 7.89. The predicted octanol–water partition coefficient (Wildman–Crippen LogP) is 2.86. The molecule has 11 heteroatoms. The first kappa shape index (κ1) is 23.7. The summed E-state index contributed by atoms with van der Waals surface area (Å²) >= 11 is 1.34. The van der Waals surface area contributed by atoms with Crippen LogP contribution in [0.25, 0.3) is 0 Å². The van der Waals surface area contributed by atoms with Gasteiger partial charge in [-0.3, -0.25) is 9.59 Å². The Kier molecular flexibility index (Phi) is 7.30. The number of likely N-dealkylation sites (tertiary alicyclic amines) is 1. The summed E-state index contributed by atoms with van der Waals surface area (Å²) < 4.78 is 34.1. The van der Waals surface area contributed by atoms with Crippen molar-refractivity contribution in [2.45, 2.75) is 49.5 Å². The maximum atomic E-state index is 13.2. The summed E-state index contributed by atoms with van der Waals surface area (Å²) in [4.78, 5) is 31.5. The Morgan fingerprint density at radius 2 is 1.97 bits per heavy atom. The van der Waals surface area contributed by atoms with Crippen LogP contribution in [0.15, 0.2) is 34.7 Å². The molecule has 0 bridgehead atoms. The lowest BCUT2D eigenvalue weighted by molar-refractivity contribution is -0.121. The van der Waals surface area contributed by atoms with E-state index in [2.05, 4.69) is 15.0 Å². The average Bonchev–Trinajstić information content (AvgIpc) is 3.52. The molecule has 1 atom stereocenters.